The minimum atomic E-state index is -0.274. The van der Waals surface area contributed by atoms with Gasteiger partial charge in [0.25, 0.3) is 23.6 Å². The number of carbonyl (C=O) groups is 4. The first-order chi connectivity index (χ1) is 23.5. The van der Waals surface area contributed by atoms with E-state index in [9.17, 15) is 19.2 Å². The maximum Gasteiger partial charge on any atom is 0.261 e. The average Bonchev–Trinajstić information content (AvgIpc) is 3.12. The predicted octanol–water partition coefficient (Wildman–Crippen LogP) is 8.19. The van der Waals surface area contributed by atoms with Crippen LogP contribution in [0.25, 0.3) is 43.1 Å². The quantitative estimate of drug-likeness (QED) is 0.0969. The molecule has 0 aliphatic carbocycles. The van der Waals surface area contributed by atoms with Gasteiger partial charge in [-0.05, 0) is 93.4 Å². The highest BCUT2D eigenvalue weighted by molar-refractivity contribution is 6.41. The SMILES string of the molecule is O=C1c2ccc3c4ccc5c6c(ccc(c7ccc(c2c37)C(=O)N1CCCc1ccccc1)c64)C(=O)N(CCCc1ccccc1)C5=O. The third-order valence-corrected chi connectivity index (χ3v) is 10.2. The van der Waals surface area contributed by atoms with E-state index < -0.39 is 0 Å². The molecule has 232 valence electrons. The number of hydrogen-bond donors (Lipinski definition) is 0. The number of fused-ring (bicyclic) bond motifs is 2. The fraction of sp³-hybridized carbons (Fsp3) is 0.143. The molecular weight excluding hydrogens is 596 g/mol. The number of benzene rings is 7. The average molecular weight is 627 g/mol. The monoisotopic (exact) mass is 626 g/mol. The van der Waals surface area contributed by atoms with Gasteiger partial charge in [-0.2, -0.15) is 0 Å². The molecule has 2 aliphatic heterocycles. The molecule has 7 aromatic rings. The summed E-state index contributed by atoms with van der Waals surface area (Å²) >= 11 is 0. The largest absolute Gasteiger partial charge is 0.274 e. The number of nitrogens with zero attached hydrogens (tertiary/aromatic N) is 2. The molecule has 0 spiro atoms. The van der Waals surface area contributed by atoms with Crippen LogP contribution in [0.15, 0.2) is 109 Å². The topological polar surface area (TPSA) is 74.8 Å². The molecule has 0 saturated heterocycles. The van der Waals surface area contributed by atoms with E-state index in [2.05, 4.69) is 24.3 Å². The second kappa shape index (κ2) is 10.8. The zero-order valence-electron chi connectivity index (χ0n) is 26.2. The van der Waals surface area contributed by atoms with Crippen LogP contribution in [0.3, 0.4) is 0 Å². The van der Waals surface area contributed by atoms with Crippen molar-refractivity contribution in [3.8, 4) is 0 Å². The highest BCUT2D eigenvalue weighted by Crippen LogP contribution is 2.46. The van der Waals surface area contributed by atoms with Gasteiger partial charge in [0, 0.05) is 46.1 Å². The Balaban J connectivity index is 1.12. The molecule has 0 radical (unpaired) electrons. The van der Waals surface area contributed by atoms with Crippen LogP contribution < -0.4 is 0 Å². The summed E-state index contributed by atoms with van der Waals surface area (Å²) in [6, 6.07) is 35.3. The van der Waals surface area contributed by atoms with Crippen molar-refractivity contribution in [2.24, 2.45) is 0 Å². The van der Waals surface area contributed by atoms with Gasteiger partial charge in [-0.3, -0.25) is 29.0 Å². The van der Waals surface area contributed by atoms with Gasteiger partial charge in [-0.1, -0.05) is 84.9 Å². The number of rotatable bonds is 8. The van der Waals surface area contributed by atoms with Gasteiger partial charge in [-0.15, -0.1) is 0 Å². The second-order valence-corrected chi connectivity index (χ2v) is 12.8. The molecule has 48 heavy (non-hydrogen) atoms. The fourth-order valence-corrected chi connectivity index (χ4v) is 7.95. The number of amides is 4. The molecule has 0 bridgehead atoms. The zero-order valence-corrected chi connectivity index (χ0v) is 26.2. The van der Waals surface area contributed by atoms with Gasteiger partial charge in [-0.25, -0.2) is 0 Å². The van der Waals surface area contributed by atoms with Crippen LogP contribution in [0.5, 0.6) is 0 Å². The molecule has 2 heterocycles. The van der Waals surface area contributed by atoms with Crippen molar-refractivity contribution in [1.29, 1.82) is 0 Å². The molecule has 6 nitrogen and oxygen atoms in total. The van der Waals surface area contributed by atoms with Crippen LogP contribution in [0.4, 0.5) is 0 Å². The van der Waals surface area contributed by atoms with Gasteiger partial charge < -0.3 is 0 Å². The van der Waals surface area contributed by atoms with Crippen molar-refractivity contribution < 1.29 is 19.2 Å². The number of imide groups is 2. The molecule has 6 heteroatoms. The van der Waals surface area contributed by atoms with E-state index in [-0.39, 0.29) is 23.6 Å². The molecule has 2 aliphatic rings. The summed E-state index contributed by atoms with van der Waals surface area (Å²) in [5, 5.41) is 6.65. The molecule has 0 N–H and O–H groups in total. The van der Waals surface area contributed by atoms with E-state index in [4.69, 9.17) is 0 Å². The van der Waals surface area contributed by atoms with Crippen LogP contribution in [0.2, 0.25) is 0 Å². The summed E-state index contributed by atoms with van der Waals surface area (Å²) in [6.45, 7) is 0.687. The number of aryl methyl sites for hydroxylation is 2. The smallest absolute Gasteiger partial charge is 0.261 e. The van der Waals surface area contributed by atoms with Crippen LogP contribution >= 0.6 is 0 Å². The van der Waals surface area contributed by atoms with Gasteiger partial charge >= 0.3 is 0 Å². The number of hydrogen-bond acceptors (Lipinski definition) is 4. The van der Waals surface area contributed by atoms with E-state index in [0.29, 0.717) is 59.0 Å². The van der Waals surface area contributed by atoms with Crippen LogP contribution in [-0.2, 0) is 12.8 Å². The van der Waals surface area contributed by atoms with Crippen molar-refractivity contribution in [2.75, 3.05) is 13.1 Å². The summed E-state index contributed by atoms with van der Waals surface area (Å²) < 4.78 is 0. The Hall–Kier alpha value is -5.88. The van der Waals surface area contributed by atoms with Crippen LogP contribution in [-0.4, -0.2) is 46.5 Å². The van der Waals surface area contributed by atoms with E-state index in [1.54, 1.807) is 0 Å². The third kappa shape index (κ3) is 4.12. The molecule has 0 aromatic heterocycles. The molecule has 4 amide bonds. The maximum absolute atomic E-state index is 13.8. The second-order valence-electron chi connectivity index (χ2n) is 12.8. The molecule has 0 unspecified atom stereocenters. The van der Waals surface area contributed by atoms with Gasteiger partial charge in [0.15, 0.2) is 0 Å². The van der Waals surface area contributed by atoms with Crippen molar-refractivity contribution in [3.63, 3.8) is 0 Å². The van der Waals surface area contributed by atoms with Crippen molar-refractivity contribution in [2.45, 2.75) is 25.7 Å². The minimum Gasteiger partial charge on any atom is -0.274 e. The Morgan fingerprint density at radius 1 is 0.354 bits per heavy atom. The standard InChI is InChI=1S/C42H30N2O4/c45-39-31-19-15-27-29-17-21-33-38-34(42(48)44(41(33)47)24-8-14-26-11-5-2-6-12-26)22-18-30(36(29)38)28-16-20-32(37(31)35(27)28)40(46)43(39)23-7-13-25-9-3-1-4-10-25/h1-6,9-12,15-22H,7-8,13-14,23-24H2. The van der Waals surface area contributed by atoms with E-state index >= 15 is 0 Å². The molecule has 9 rings (SSSR count). The third-order valence-electron chi connectivity index (χ3n) is 10.2. The Morgan fingerprint density at radius 3 is 0.979 bits per heavy atom. The summed E-state index contributed by atoms with van der Waals surface area (Å²) in [5.74, 6) is -1.10. The van der Waals surface area contributed by atoms with Crippen molar-refractivity contribution >= 4 is 66.7 Å². The first kappa shape index (κ1) is 28.4. The van der Waals surface area contributed by atoms with Gasteiger partial charge in [0.1, 0.15) is 0 Å². The number of carbonyl (C=O) groups excluding carboxylic acids is 4. The lowest BCUT2D eigenvalue weighted by Gasteiger charge is -2.30. The summed E-state index contributed by atoms with van der Waals surface area (Å²) in [6.07, 6.45) is 2.91. The van der Waals surface area contributed by atoms with E-state index in [0.717, 1.165) is 45.2 Å². The van der Waals surface area contributed by atoms with Gasteiger partial charge in [0.2, 0.25) is 0 Å². The lowest BCUT2D eigenvalue weighted by Crippen LogP contribution is -2.41. The highest BCUT2D eigenvalue weighted by atomic mass is 16.2. The zero-order chi connectivity index (χ0) is 32.5. The van der Waals surface area contributed by atoms with Crippen LogP contribution in [0, 0.1) is 0 Å². The molecule has 7 aromatic carbocycles. The van der Waals surface area contributed by atoms with Crippen molar-refractivity contribution in [3.05, 3.63) is 143 Å². The normalized spacial score (nSPS) is 14.4. The van der Waals surface area contributed by atoms with E-state index in [1.165, 1.54) is 20.9 Å². The minimum absolute atomic E-state index is 0.274. The Kier molecular flexibility index (Phi) is 6.41. The highest BCUT2D eigenvalue weighted by Gasteiger charge is 2.36. The first-order valence-electron chi connectivity index (χ1n) is 16.5. The Bertz CT molecular complexity index is 2190. The molecule has 0 fully saturated rings. The molecular formula is C42H30N2O4. The molecule has 0 saturated carbocycles. The summed E-state index contributed by atoms with van der Waals surface area (Å²) in [5.41, 5.74) is 4.44. The fourth-order valence-electron chi connectivity index (χ4n) is 7.95. The maximum atomic E-state index is 13.8. The lowest BCUT2D eigenvalue weighted by molar-refractivity contribution is 0.0593. The summed E-state index contributed by atoms with van der Waals surface area (Å²) in [4.78, 5) is 58.1. The lowest BCUT2D eigenvalue weighted by atomic mass is 9.82. The predicted molar refractivity (Wildman–Crippen MR) is 188 cm³/mol. The Morgan fingerprint density at radius 2 is 0.667 bits per heavy atom. The van der Waals surface area contributed by atoms with Crippen LogP contribution in [0.1, 0.15) is 65.4 Å². The van der Waals surface area contributed by atoms with E-state index in [1.807, 2.05) is 84.9 Å². The first-order valence-corrected chi connectivity index (χ1v) is 16.5. The summed E-state index contributed by atoms with van der Waals surface area (Å²) in [7, 11) is 0. The van der Waals surface area contributed by atoms with Gasteiger partial charge in [0.05, 0.1) is 0 Å². The molecule has 0 atom stereocenters. The van der Waals surface area contributed by atoms with Crippen molar-refractivity contribution in [1.82, 2.24) is 9.80 Å². The Labute approximate surface area is 276 Å².